The van der Waals surface area contributed by atoms with Crippen molar-refractivity contribution in [3.8, 4) is 0 Å². The molecule has 2 aromatic carbocycles. The molecule has 3 amide bonds. The average molecular weight is 463 g/mol. The molecule has 2 saturated heterocycles. The Balaban J connectivity index is 1.34. The zero-order valence-corrected chi connectivity index (χ0v) is 19.1. The number of nitrogens with zero attached hydrogens (tertiary/aromatic N) is 1. The number of nitrogens with one attached hydrogen (secondary N) is 3. The van der Waals surface area contributed by atoms with E-state index in [4.69, 9.17) is 4.74 Å². The van der Waals surface area contributed by atoms with Crippen LogP contribution >= 0.6 is 0 Å². The molecule has 0 spiro atoms. The summed E-state index contributed by atoms with van der Waals surface area (Å²) in [4.78, 5) is 40.1. The number of carbonyl (C=O) groups is 3. The molecule has 34 heavy (non-hydrogen) atoms. The quantitative estimate of drug-likeness (QED) is 0.613. The van der Waals surface area contributed by atoms with Gasteiger partial charge in [0.05, 0.1) is 6.10 Å². The zero-order chi connectivity index (χ0) is 23.5. The summed E-state index contributed by atoms with van der Waals surface area (Å²) in [7, 11) is 0. The van der Waals surface area contributed by atoms with Gasteiger partial charge in [0.25, 0.3) is 11.8 Å². The lowest BCUT2D eigenvalue weighted by Gasteiger charge is -2.29. The molecule has 8 heteroatoms. The van der Waals surface area contributed by atoms with Gasteiger partial charge in [-0.05, 0) is 56.4 Å². The van der Waals surface area contributed by atoms with Gasteiger partial charge in [-0.1, -0.05) is 24.3 Å². The Kier molecular flexibility index (Phi) is 6.49. The third kappa shape index (κ3) is 4.63. The highest BCUT2D eigenvalue weighted by Crippen LogP contribution is 2.35. The van der Waals surface area contributed by atoms with Crippen LogP contribution in [-0.4, -0.2) is 54.5 Å². The van der Waals surface area contributed by atoms with Crippen LogP contribution in [0.25, 0.3) is 0 Å². The van der Waals surface area contributed by atoms with Crippen LogP contribution in [0.2, 0.25) is 0 Å². The minimum absolute atomic E-state index is 0.0168. The van der Waals surface area contributed by atoms with E-state index >= 15 is 0 Å². The van der Waals surface area contributed by atoms with Crippen LogP contribution in [-0.2, 0) is 9.53 Å². The Morgan fingerprint density at radius 1 is 1.06 bits per heavy atom. The normalized spacial score (nSPS) is 24.4. The molecule has 0 radical (unpaired) electrons. The van der Waals surface area contributed by atoms with Crippen LogP contribution < -0.4 is 16.0 Å². The molecule has 3 aliphatic heterocycles. The molecule has 3 aliphatic rings. The number of carbonyl (C=O) groups excluding carboxylic acids is 3. The van der Waals surface area contributed by atoms with Crippen molar-refractivity contribution in [1.29, 1.82) is 0 Å². The second kappa shape index (κ2) is 9.85. The van der Waals surface area contributed by atoms with Crippen molar-refractivity contribution in [2.24, 2.45) is 0 Å². The first-order chi connectivity index (χ1) is 16.6. The minimum atomic E-state index is -0.521. The van der Waals surface area contributed by atoms with E-state index in [1.165, 1.54) is 0 Å². The fourth-order valence-corrected chi connectivity index (χ4v) is 4.95. The van der Waals surface area contributed by atoms with Crippen molar-refractivity contribution in [3.05, 3.63) is 65.2 Å². The molecule has 0 saturated carbocycles. The molecule has 3 heterocycles. The van der Waals surface area contributed by atoms with Gasteiger partial charge in [-0.25, -0.2) is 0 Å². The first-order valence-electron chi connectivity index (χ1n) is 12.1. The summed E-state index contributed by atoms with van der Waals surface area (Å²) in [5.41, 5.74) is 2.79. The summed E-state index contributed by atoms with van der Waals surface area (Å²) >= 11 is 0. The largest absolute Gasteiger partial charge is 0.376 e. The monoisotopic (exact) mass is 462 g/mol. The number of benzene rings is 2. The molecule has 2 fully saturated rings. The van der Waals surface area contributed by atoms with E-state index in [9.17, 15) is 14.4 Å². The van der Waals surface area contributed by atoms with Gasteiger partial charge in [-0.3, -0.25) is 14.4 Å². The Hall–Kier alpha value is -3.39. The topological polar surface area (TPSA) is 99.8 Å². The van der Waals surface area contributed by atoms with Crippen molar-refractivity contribution in [2.45, 2.75) is 50.4 Å². The summed E-state index contributed by atoms with van der Waals surface area (Å²) < 4.78 is 5.79. The van der Waals surface area contributed by atoms with Crippen LogP contribution in [0.3, 0.4) is 0 Å². The highest BCUT2D eigenvalue weighted by Gasteiger charge is 2.38. The molecule has 178 valence electrons. The fraction of sp³-hybridized carbons (Fsp3) is 0.423. The van der Waals surface area contributed by atoms with E-state index in [1.54, 1.807) is 18.2 Å². The molecule has 5 rings (SSSR count). The predicted molar refractivity (Wildman–Crippen MR) is 127 cm³/mol. The summed E-state index contributed by atoms with van der Waals surface area (Å²) in [5, 5.41) is 9.17. The van der Waals surface area contributed by atoms with Crippen molar-refractivity contribution in [1.82, 2.24) is 15.5 Å². The van der Waals surface area contributed by atoms with Gasteiger partial charge >= 0.3 is 0 Å². The van der Waals surface area contributed by atoms with Crippen LogP contribution in [0.5, 0.6) is 0 Å². The van der Waals surface area contributed by atoms with Gasteiger partial charge in [-0.2, -0.15) is 0 Å². The number of ether oxygens (including phenoxy) is 1. The molecule has 0 aliphatic carbocycles. The lowest BCUT2D eigenvalue weighted by Crippen LogP contribution is -2.45. The van der Waals surface area contributed by atoms with Crippen LogP contribution in [0.15, 0.2) is 48.5 Å². The Bertz CT molecular complexity index is 1080. The highest BCUT2D eigenvalue weighted by atomic mass is 16.5. The summed E-state index contributed by atoms with van der Waals surface area (Å²) in [6, 6.07) is 14.3. The van der Waals surface area contributed by atoms with Crippen LogP contribution in [0.4, 0.5) is 5.69 Å². The molecule has 3 atom stereocenters. The summed E-state index contributed by atoms with van der Waals surface area (Å²) in [5.74, 6) is -0.437. The molecule has 2 aromatic rings. The molecule has 3 N–H and O–H groups in total. The fourth-order valence-electron chi connectivity index (χ4n) is 4.95. The number of hydrogen-bond donors (Lipinski definition) is 3. The Morgan fingerprint density at radius 2 is 1.94 bits per heavy atom. The Labute approximate surface area is 199 Å². The number of rotatable bonds is 6. The maximum Gasteiger partial charge on any atom is 0.256 e. The zero-order valence-electron chi connectivity index (χ0n) is 19.1. The van der Waals surface area contributed by atoms with Crippen molar-refractivity contribution in [3.63, 3.8) is 0 Å². The third-order valence-electron chi connectivity index (χ3n) is 6.75. The van der Waals surface area contributed by atoms with E-state index in [0.29, 0.717) is 30.6 Å². The third-order valence-corrected chi connectivity index (χ3v) is 6.75. The number of anilines is 1. The molecule has 0 aromatic heterocycles. The minimum Gasteiger partial charge on any atom is -0.376 e. The van der Waals surface area contributed by atoms with Crippen LogP contribution in [0, 0.1) is 0 Å². The smallest absolute Gasteiger partial charge is 0.256 e. The van der Waals surface area contributed by atoms with Gasteiger partial charge in [-0.15, -0.1) is 0 Å². The van der Waals surface area contributed by atoms with E-state index in [-0.39, 0.29) is 30.0 Å². The van der Waals surface area contributed by atoms with E-state index in [1.807, 2.05) is 35.2 Å². The number of fused-ring (bicyclic) bond motifs is 1. The second-order valence-corrected chi connectivity index (χ2v) is 9.12. The SMILES string of the molecule is O=C(NC1CCCCNC1=O)c1cccc(NC2c3ccccc3C(=O)N2CC2CCCO2)c1. The molecule has 0 bridgehead atoms. The predicted octanol–water partition coefficient (Wildman–Crippen LogP) is 2.83. The van der Waals surface area contributed by atoms with Gasteiger partial charge in [0.15, 0.2) is 0 Å². The van der Waals surface area contributed by atoms with Gasteiger partial charge < -0.3 is 25.6 Å². The molecular weight excluding hydrogens is 432 g/mol. The maximum absolute atomic E-state index is 13.2. The lowest BCUT2D eigenvalue weighted by molar-refractivity contribution is -0.122. The molecule has 8 nitrogen and oxygen atoms in total. The van der Waals surface area contributed by atoms with E-state index in [0.717, 1.165) is 43.5 Å². The van der Waals surface area contributed by atoms with Gasteiger partial charge in [0.2, 0.25) is 5.91 Å². The molecular formula is C26H30N4O4. The second-order valence-electron chi connectivity index (χ2n) is 9.12. The maximum atomic E-state index is 13.2. The lowest BCUT2D eigenvalue weighted by atomic mass is 10.1. The Morgan fingerprint density at radius 3 is 2.79 bits per heavy atom. The van der Waals surface area contributed by atoms with E-state index in [2.05, 4.69) is 16.0 Å². The first-order valence-corrected chi connectivity index (χ1v) is 12.1. The van der Waals surface area contributed by atoms with Gasteiger partial charge in [0, 0.05) is 42.1 Å². The van der Waals surface area contributed by atoms with Crippen molar-refractivity contribution < 1.29 is 19.1 Å². The van der Waals surface area contributed by atoms with E-state index < -0.39 is 6.04 Å². The number of hydrogen-bond acceptors (Lipinski definition) is 5. The van der Waals surface area contributed by atoms with Gasteiger partial charge in [0.1, 0.15) is 12.2 Å². The number of amides is 3. The highest BCUT2D eigenvalue weighted by molar-refractivity contribution is 6.00. The summed E-state index contributed by atoms with van der Waals surface area (Å²) in [6.07, 6.45) is 4.08. The van der Waals surface area contributed by atoms with Crippen LogP contribution in [0.1, 0.15) is 64.5 Å². The average Bonchev–Trinajstić information content (AvgIpc) is 3.40. The van der Waals surface area contributed by atoms with Crippen molar-refractivity contribution in [2.75, 3.05) is 25.0 Å². The first kappa shape index (κ1) is 22.4. The standard InChI is InChI=1S/C26H30N4O4/c31-24(29-22-12-3-4-13-27-25(22)32)17-7-5-8-18(15-17)28-23-20-10-1-2-11-21(20)26(33)30(23)16-19-9-6-14-34-19/h1-2,5,7-8,10-11,15,19,22-23,28H,3-4,6,9,12-14,16H2,(H,27,32)(H,29,31). The molecule has 3 unspecified atom stereocenters. The van der Waals surface area contributed by atoms with Crippen molar-refractivity contribution >= 4 is 23.4 Å². The summed E-state index contributed by atoms with van der Waals surface area (Å²) in [6.45, 7) is 1.89.